The normalized spacial score (nSPS) is 11.3. The highest BCUT2D eigenvalue weighted by Gasteiger charge is 2.22. The summed E-state index contributed by atoms with van der Waals surface area (Å²) < 4.78 is 32.7. The van der Waals surface area contributed by atoms with Crippen molar-refractivity contribution in [1.29, 1.82) is 0 Å². The van der Waals surface area contributed by atoms with Gasteiger partial charge in [-0.1, -0.05) is 37.2 Å². The van der Waals surface area contributed by atoms with E-state index in [4.69, 9.17) is 4.52 Å². The van der Waals surface area contributed by atoms with Gasteiger partial charge in [0.1, 0.15) is 5.76 Å². The van der Waals surface area contributed by atoms with Gasteiger partial charge in [0.05, 0.1) is 21.6 Å². The van der Waals surface area contributed by atoms with Crippen molar-refractivity contribution in [1.82, 2.24) is 14.1 Å². The Morgan fingerprint density at radius 1 is 1.04 bits per heavy atom. The highest BCUT2D eigenvalue weighted by molar-refractivity contribution is 7.90. The fraction of sp³-hybridized carbons (Fsp3) is 0.238. The van der Waals surface area contributed by atoms with Gasteiger partial charge in [-0.2, -0.15) is 0 Å². The molecule has 0 unspecified atom stereocenters. The van der Waals surface area contributed by atoms with Gasteiger partial charge in [-0.15, -0.1) is 0 Å². The average molecular weight is 398 g/mol. The Hall–Kier alpha value is -2.93. The van der Waals surface area contributed by atoms with Crippen LogP contribution < -0.4 is 0 Å². The van der Waals surface area contributed by atoms with Gasteiger partial charge in [0.2, 0.25) is 0 Å². The van der Waals surface area contributed by atoms with Gasteiger partial charge in [-0.05, 0) is 44.5 Å². The van der Waals surface area contributed by atoms with E-state index >= 15 is 0 Å². The van der Waals surface area contributed by atoms with Crippen LogP contribution in [0.1, 0.15) is 30.9 Å². The molecule has 0 aliphatic heterocycles. The first kappa shape index (κ1) is 19.8. The molecular weight excluding hydrogens is 374 g/mol. The van der Waals surface area contributed by atoms with Crippen LogP contribution in [0.4, 0.5) is 0 Å². The molecule has 4 rings (SSSR count). The van der Waals surface area contributed by atoms with Gasteiger partial charge in [0.15, 0.2) is 0 Å². The molecule has 4 aromatic rings. The topological polar surface area (TPSA) is 78.0 Å². The second-order valence-electron chi connectivity index (χ2n) is 6.22. The fourth-order valence-electron chi connectivity index (χ4n) is 3.17. The number of nitrogens with zero attached hydrogens (tertiary/aromatic N) is 3. The smallest absolute Gasteiger partial charge is 0.268 e. The molecule has 3 heterocycles. The van der Waals surface area contributed by atoms with E-state index in [0.717, 1.165) is 22.4 Å². The fourth-order valence-corrected chi connectivity index (χ4v) is 4.59. The number of rotatable bonds is 3. The Balaban J connectivity index is 0.00000109. The second-order valence-corrected chi connectivity index (χ2v) is 8.03. The lowest BCUT2D eigenvalue weighted by Gasteiger charge is -2.08. The van der Waals surface area contributed by atoms with Crippen LogP contribution in [0.2, 0.25) is 0 Å². The van der Waals surface area contributed by atoms with E-state index in [9.17, 15) is 8.42 Å². The lowest BCUT2D eigenvalue weighted by molar-refractivity contribution is 0.393. The van der Waals surface area contributed by atoms with E-state index in [0.29, 0.717) is 16.8 Å². The van der Waals surface area contributed by atoms with Gasteiger partial charge in [-0.25, -0.2) is 12.4 Å². The first-order valence-corrected chi connectivity index (χ1v) is 10.5. The summed E-state index contributed by atoms with van der Waals surface area (Å²) in [6.45, 7) is 9.52. The maximum absolute atomic E-state index is 13.1. The van der Waals surface area contributed by atoms with E-state index in [-0.39, 0.29) is 4.90 Å². The van der Waals surface area contributed by atoms with Crippen molar-refractivity contribution < 1.29 is 12.9 Å². The van der Waals surface area contributed by atoms with E-state index in [2.05, 4.69) is 10.1 Å². The van der Waals surface area contributed by atoms with Crippen molar-refractivity contribution in [2.24, 2.45) is 0 Å². The third kappa shape index (κ3) is 3.22. The summed E-state index contributed by atoms with van der Waals surface area (Å²) in [6, 6.07) is 10.2. The van der Waals surface area contributed by atoms with Crippen molar-refractivity contribution in [2.75, 3.05) is 0 Å². The summed E-state index contributed by atoms with van der Waals surface area (Å²) >= 11 is 0. The first-order chi connectivity index (χ1) is 13.4. The molecule has 0 atom stereocenters. The predicted octanol–water partition coefficient (Wildman–Crippen LogP) is 4.88. The van der Waals surface area contributed by atoms with Crippen LogP contribution in [0.5, 0.6) is 0 Å². The molecule has 146 valence electrons. The van der Waals surface area contributed by atoms with Crippen molar-refractivity contribution in [2.45, 2.75) is 39.5 Å². The summed E-state index contributed by atoms with van der Waals surface area (Å²) in [5, 5.41) is 3.97. The van der Waals surface area contributed by atoms with Gasteiger partial charge in [0.25, 0.3) is 10.0 Å². The number of benzene rings is 1. The largest absolute Gasteiger partial charge is 0.361 e. The third-order valence-electron chi connectivity index (χ3n) is 4.41. The number of hydrogen-bond donors (Lipinski definition) is 0. The van der Waals surface area contributed by atoms with Crippen LogP contribution in [-0.4, -0.2) is 22.5 Å². The zero-order valence-corrected chi connectivity index (χ0v) is 17.4. The predicted molar refractivity (Wildman–Crippen MR) is 110 cm³/mol. The minimum Gasteiger partial charge on any atom is -0.361 e. The summed E-state index contributed by atoms with van der Waals surface area (Å²) in [5.41, 5.74) is 4.33. The number of aromatic nitrogens is 3. The Bertz CT molecular complexity index is 1200. The summed E-state index contributed by atoms with van der Waals surface area (Å²) in [6.07, 6.45) is 3.33. The SMILES string of the molecule is CC.Cc1noc(C)c1-c1cnc2c(C)cn(S(=O)(=O)c3ccccc3)c2c1. The molecule has 6 nitrogen and oxygen atoms in total. The van der Waals surface area contributed by atoms with Crippen molar-refractivity contribution in [3.8, 4) is 11.1 Å². The minimum absolute atomic E-state index is 0.236. The number of pyridine rings is 1. The third-order valence-corrected chi connectivity index (χ3v) is 6.10. The number of hydrogen-bond acceptors (Lipinski definition) is 5. The van der Waals surface area contributed by atoms with Crippen LogP contribution in [0.25, 0.3) is 22.2 Å². The molecule has 0 saturated carbocycles. The van der Waals surface area contributed by atoms with E-state index < -0.39 is 10.0 Å². The van der Waals surface area contributed by atoms with Crippen molar-refractivity contribution >= 4 is 21.1 Å². The maximum Gasteiger partial charge on any atom is 0.268 e. The molecule has 3 aromatic heterocycles. The van der Waals surface area contributed by atoms with Crippen LogP contribution >= 0.6 is 0 Å². The van der Waals surface area contributed by atoms with Gasteiger partial charge < -0.3 is 4.52 Å². The van der Waals surface area contributed by atoms with E-state index in [1.165, 1.54) is 3.97 Å². The Kier molecular flexibility index (Phi) is 5.38. The standard InChI is InChI=1S/C19H17N3O3S.C2H6/c1-12-11-22(26(23,24)16-7-5-4-6-8-16)17-9-15(10-20-19(12)17)18-13(2)21-25-14(18)3;1-2/h4-11H,1-3H3;1-2H3. The molecule has 0 aliphatic rings. The highest BCUT2D eigenvalue weighted by atomic mass is 32.2. The van der Waals surface area contributed by atoms with E-state index in [1.54, 1.807) is 42.7 Å². The second kappa shape index (κ2) is 7.59. The summed E-state index contributed by atoms with van der Waals surface area (Å²) in [7, 11) is -3.71. The number of aryl methyl sites for hydroxylation is 3. The lowest BCUT2D eigenvalue weighted by atomic mass is 10.1. The molecule has 1 aromatic carbocycles. The maximum atomic E-state index is 13.1. The molecule has 0 aliphatic carbocycles. The molecular formula is C21H23N3O3S. The first-order valence-electron chi connectivity index (χ1n) is 9.11. The summed E-state index contributed by atoms with van der Waals surface area (Å²) in [4.78, 5) is 4.73. The monoisotopic (exact) mass is 397 g/mol. The summed E-state index contributed by atoms with van der Waals surface area (Å²) in [5.74, 6) is 0.671. The zero-order chi connectivity index (χ0) is 20.5. The number of fused-ring (bicyclic) bond motifs is 1. The molecule has 0 fully saturated rings. The molecule has 0 bridgehead atoms. The van der Waals surface area contributed by atoms with Crippen molar-refractivity contribution in [3.05, 3.63) is 65.8 Å². The molecule has 0 radical (unpaired) electrons. The Morgan fingerprint density at radius 2 is 1.71 bits per heavy atom. The molecule has 28 heavy (non-hydrogen) atoms. The Labute approximate surface area is 164 Å². The van der Waals surface area contributed by atoms with Crippen LogP contribution in [0.15, 0.2) is 58.2 Å². The Morgan fingerprint density at radius 3 is 2.32 bits per heavy atom. The van der Waals surface area contributed by atoms with E-state index in [1.807, 2.05) is 40.7 Å². The van der Waals surface area contributed by atoms with Crippen LogP contribution in [0, 0.1) is 20.8 Å². The minimum atomic E-state index is -3.71. The van der Waals surface area contributed by atoms with Crippen LogP contribution in [0.3, 0.4) is 0 Å². The van der Waals surface area contributed by atoms with Crippen molar-refractivity contribution in [3.63, 3.8) is 0 Å². The molecule has 0 spiro atoms. The quantitative estimate of drug-likeness (QED) is 0.492. The highest BCUT2D eigenvalue weighted by Crippen LogP contribution is 2.31. The molecule has 0 N–H and O–H groups in total. The van der Waals surface area contributed by atoms with Gasteiger partial charge in [0, 0.05) is 23.5 Å². The average Bonchev–Trinajstić information content (AvgIpc) is 3.23. The van der Waals surface area contributed by atoms with Gasteiger partial charge in [-0.3, -0.25) is 4.98 Å². The molecule has 7 heteroatoms. The molecule has 0 saturated heterocycles. The lowest BCUT2D eigenvalue weighted by Crippen LogP contribution is -2.11. The molecule has 0 amide bonds. The van der Waals surface area contributed by atoms with Gasteiger partial charge >= 0.3 is 0 Å². The van der Waals surface area contributed by atoms with Crippen LogP contribution in [-0.2, 0) is 10.0 Å². The zero-order valence-electron chi connectivity index (χ0n) is 16.6.